The Morgan fingerprint density at radius 3 is 2.73 bits per heavy atom. The zero-order valence-corrected chi connectivity index (χ0v) is 12.7. The van der Waals surface area contributed by atoms with E-state index < -0.39 is 0 Å². The number of aryl methyl sites for hydroxylation is 2. The third-order valence-electron chi connectivity index (χ3n) is 4.31. The van der Waals surface area contributed by atoms with Gasteiger partial charge in [-0.15, -0.1) is 0 Å². The fraction of sp³-hybridized carbons (Fsp3) is 0.333. The molecule has 1 amide bonds. The fourth-order valence-electron chi connectivity index (χ4n) is 2.99. The van der Waals surface area contributed by atoms with Crippen molar-refractivity contribution < 1.29 is 9.59 Å². The van der Waals surface area contributed by atoms with Gasteiger partial charge in [-0.2, -0.15) is 0 Å². The molecule has 1 aromatic heterocycles. The molecule has 4 nitrogen and oxygen atoms in total. The quantitative estimate of drug-likeness (QED) is 0.851. The number of hydrogen-bond donors (Lipinski definition) is 2. The highest BCUT2D eigenvalue weighted by Crippen LogP contribution is 2.24. The van der Waals surface area contributed by atoms with Crippen LogP contribution in [0.15, 0.2) is 30.5 Å². The van der Waals surface area contributed by atoms with Crippen LogP contribution in [0.1, 0.15) is 63.3 Å². The van der Waals surface area contributed by atoms with Crippen molar-refractivity contribution in [1.29, 1.82) is 0 Å². The van der Waals surface area contributed by atoms with Crippen LogP contribution in [-0.2, 0) is 12.8 Å². The zero-order valence-electron chi connectivity index (χ0n) is 12.7. The monoisotopic (exact) mass is 296 g/mol. The van der Waals surface area contributed by atoms with Gasteiger partial charge in [0.1, 0.15) is 5.69 Å². The van der Waals surface area contributed by atoms with Crippen LogP contribution < -0.4 is 5.32 Å². The number of aromatic nitrogens is 1. The van der Waals surface area contributed by atoms with Crippen molar-refractivity contribution in [2.45, 2.75) is 38.6 Å². The molecule has 4 heteroatoms. The zero-order chi connectivity index (χ0) is 15.5. The lowest BCUT2D eigenvalue weighted by Crippen LogP contribution is -2.27. The second-order valence-corrected chi connectivity index (χ2v) is 5.89. The topological polar surface area (TPSA) is 62.0 Å². The van der Waals surface area contributed by atoms with E-state index in [1.54, 1.807) is 6.07 Å². The smallest absolute Gasteiger partial charge is 0.268 e. The van der Waals surface area contributed by atoms with E-state index in [1.807, 2.05) is 6.92 Å². The van der Waals surface area contributed by atoms with Crippen LogP contribution in [0.4, 0.5) is 0 Å². The molecular weight excluding hydrogens is 276 g/mol. The number of fused-ring (bicyclic) bond motifs is 1. The summed E-state index contributed by atoms with van der Waals surface area (Å²) in [6.07, 6.45) is 7.06. The number of aldehydes is 1. The average Bonchev–Trinajstić information content (AvgIpc) is 3.03. The molecule has 1 unspecified atom stereocenters. The first-order valence-corrected chi connectivity index (χ1v) is 7.73. The Balaban J connectivity index is 1.72. The van der Waals surface area contributed by atoms with Gasteiger partial charge in [0.15, 0.2) is 6.29 Å². The maximum Gasteiger partial charge on any atom is 0.268 e. The highest BCUT2D eigenvalue weighted by molar-refractivity contribution is 5.94. The number of carbonyl (C=O) groups is 2. The van der Waals surface area contributed by atoms with E-state index in [1.165, 1.54) is 30.2 Å². The number of nitrogens with one attached hydrogen (secondary N) is 2. The minimum atomic E-state index is -0.196. The summed E-state index contributed by atoms with van der Waals surface area (Å²) < 4.78 is 0. The molecule has 0 spiro atoms. The van der Waals surface area contributed by atoms with Crippen molar-refractivity contribution in [3.05, 3.63) is 58.4 Å². The lowest BCUT2D eigenvalue weighted by atomic mass is 9.89. The molecule has 2 aromatic rings. The number of carbonyl (C=O) groups excluding carboxylic acids is 2. The molecule has 1 heterocycles. The van der Waals surface area contributed by atoms with Crippen LogP contribution in [0.2, 0.25) is 0 Å². The molecule has 1 aliphatic rings. The molecule has 0 aliphatic heterocycles. The predicted molar refractivity (Wildman–Crippen MR) is 85.1 cm³/mol. The van der Waals surface area contributed by atoms with Crippen molar-refractivity contribution in [3.63, 3.8) is 0 Å². The Hall–Kier alpha value is -2.36. The van der Waals surface area contributed by atoms with Gasteiger partial charge in [-0.3, -0.25) is 9.59 Å². The minimum absolute atomic E-state index is 0.0669. The molecule has 0 radical (unpaired) electrons. The van der Waals surface area contributed by atoms with Crippen LogP contribution >= 0.6 is 0 Å². The van der Waals surface area contributed by atoms with E-state index in [9.17, 15) is 9.59 Å². The predicted octanol–water partition coefficient (Wildman–Crippen LogP) is 3.20. The van der Waals surface area contributed by atoms with Gasteiger partial charge in [0.05, 0.1) is 6.04 Å². The Bertz CT molecular complexity index is 703. The lowest BCUT2D eigenvalue weighted by molar-refractivity contribution is 0.0935. The summed E-state index contributed by atoms with van der Waals surface area (Å²) in [7, 11) is 0. The normalized spacial score (nSPS) is 15.0. The Kier molecular flexibility index (Phi) is 4.09. The van der Waals surface area contributed by atoms with Gasteiger partial charge >= 0.3 is 0 Å². The highest BCUT2D eigenvalue weighted by Gasteiger charge is 2.15. The Morgan fingerprint density at radius 2 is 2.00 bits per heavy atom. The van der Waals surface area contributed by atoms with E-state index in [2.05, 4.69) is 28.5 Å². The van der Waals surface area contributed by atoms with E-state index in [-0.39, 0.29) is 11.9 Å². The average molecular weight is 296 g/mol. The molecule has 114 valence electrons. The fourth-order valence-corrected chi connectivity index (χ4v) is 2.99. The van der Waals surface area contributed by atoms with Crippen LogP contribution in [0, 0.1) is 0 Å². The van der Waals surface area contributed by atoms with Gasteiger partial charge < -0.3 is 10.3 Å². The standard InChI is InChI=1S/C18H20N2O2/c1-12(20-18(22)17-8-13(11-21)10-19-17)15-7-6-14-4-2-3-5-16(14)9-15/h6-12,19H,2-5H2,1H3,(H,20,22). The third kappa shape index (κ3) is 2.96. The molecule has 1 atom stereocenters. The van der Waals surface area contributed by atoms with Gasteiger partial charge in [-0.25, -0.2) is 0 Å². The third-order valence-corrected chi connectivity index (χ3v) is 4.31. The second-order valence-electron chi connectivity index (χ2n) is 5.89. The highest BCUT2D eigenvalue weighted by atomic mass is 16.2. The molecule has 1 aromatic carbocycles. The van der Waals surface area contributed by atoms with Gasteiger partial charge in [-0.05, 0) is 55.4 Å². The Morgan fingerprint density at radius 1 is 1.23 bits per heavy atom. The van der Waals surface area contributed by atoms with Crippen LogP contribution in [0.25, 0.3) is 0 Å². The van der Waals surface area contributed by atoms with Gasteiger partial charge in [0.2, 0.25) is 0 Å². The number of rotatable bonds is 4. The minimum Gasteiger partial charge on any atom is -0.357 e. The van der Waals surface area contributed by atoms with E-state index in [4.69, 9.17) is 0 Å². The first-order valence-electron chi connectivity index (χ1n) is 7.73. The summed E-state index contributed by atoms with van der Waals surface area (Å²) in [4.78, 5) is 25.7. The van der Waals surface area contributed by atoms with Gasteiger partial charge in [-0.1, -0.05) is 18.2 Å². The van der Waals surface area contributed by atoms with Crippen molar-refractivity contribution in [1.82, 2.24) is 10.3 Å². The van der Waals surface area contributed by atoms with Crippen molar-refractivity contribution in [2.24, 2.45) is 0 Å². The van der Waals surface area contributed by atoms with E-state index >= 15 is 0 Å². The number of aromatic amines is 1. The van der Waals surface area contributed by atoms with Gasteiger partial charge in [0, 0.05) is 11.8 Å². The number of amides is 1. The molecule has 1 aliphatic carbocycles. The van der Waals surface area contributed by atoms with Crippen molar-refractivity contribution in [2.75, 3.05) is 0 Å². The molecule has 3 rings (SSSR count). The van der Waals surface area contributed by atoms with Crippen molar-refractivity contribution >= 4 is 12.2 Å². The van der Waals surface area contributed by atoms with Gasteiger partial charge in [0.25, 0.3) is 5.91 Å². The van der Waals surface area contributed by atoms with Crippen molar-refractivity contribution in [3.8, 4) is 0 Å². The van der Waals surface area contributed by atoms with E-state index in [0.29, 0.717) is 11.3 Å². The van der Waals surface area contributed by atoms with Crippen LogP contribution in [0.5, 0.6) is 0 Å². The summed E-state index contributed by atoms with van der Waals surface area (Å²) in [6.45, 7) is 1.98. The molecule has 0 saturated heterocycles. The van der Waals surface area contributed by atoms with E-state index in [0.717, 1.165) is 24.7 Å². The number of H-pyrrole nitrogens is 1. The molecular formula is C18H20N2O2. The number of benzene rings is 1. The Labute approximate surface area is 129 Å². The summed E-state index contributed by atoms with van der Waals surface area (Å²) in [5.41, 5.74) is 4.86. The molecule has 2 N–H and O–H groups in total. The lowest BCUT2D eigenvalue weighted by Gasteiger charge is -2.20. The SMILES string of the molecule is CC(NC(=O)c1cc(C=O)c[nH]1)c1ccc2c(c1)CCCC2. The summed E-state index contributed by atoms with van der Waals surface area (Å²) in [6, 6.07) is 7.99. The first-order chi connectivity index (χ1) is 10.7. The second kappa shape index (κ2) is 6.18. The molecule has 0 bridgehead atoms. The molecule has 22 heavy (non-hydrogen) atoms. The van der Waals surface area contributed by atoms with Crippen LogP contribution in [0.3, 0.4) is 0 Å². The number of hydrogen-bond acceptors (Lipinski definition) is 2. The summed E-state index contributed by atoms with van der Waals surface area (Å²) in [5, 5.41) is 2.97. The first kappa shape index (κ1) is 14.6. The molecule has 0 fully saturated rings. The molecule has 0 saturated carbocycles. The summed E-state index contributed by atoms with van der Waals surface area (Å²) >= 11 is 0. The summed E-state index contributed by atoms with van der Waals surface area (Å²) in [5.74, 6) is -0.196. The maximum absolute atomic E-state index is 12.2. The maximum atomic E-state index is 12.2. The largest absolute Gasteiger partial charge is 0.357 e. The van der Waals surface area contributed by atoms with Crippen LogP contribution in [-0.4, -0.2) is 17.2 Å².